The Balaban J connectivity index is 1.43. The van der Waals surface area contributed by atoms with Gasteiger partial charge in [-0.2, -0.15) is 5.10 Å². The SMILES string of the molecule is CC(=O)N1CCN(CC(=O)Nc2cc(C3CC3)nn2-c2ccccc2)CC1. The molecule has 1 saturated heterocycles. The minimum atomic E-state index is -0.0503. The molecule has 0 unspecified atom stereocenters. The van der Waals surface area contributed by atoms with E-state index in [-0.39, 0.29) is 11.8 Å². The first-order valence-electron chi connectivity index (χ1n) is 9.53. The zero-order chi connectivity index (χ0) is 18.8. The minimum Gasteiger partial charge on any atom is -0.340 e. The number of benzene rings is 1. The maximum Gasteiger partial charge on any atom is 0.239 e. The molecular weight excluding hydrogens is 342 g/mol. The maximum atomic E-state index is 12.6. The molecule has 2 heterocycles. The van der Waals surface area contributed by atoms with Gasteiger partial charge in [0.1, 0.15) is 5.82 Å². The first kappa shape index (κ1) is 17.7. The van der Waals surface area contributed by atoms with Crippen LogP contribution in [0.25, 0.3) is 5.69 Å². The van der Waals surface area contributed by atoms with Crippen molar-refractivity contribution in [2.45, 2.75) is 25.7 Å². The number of nitrogens with zero attached hydrogens (tertiary/aromatic N) is 4. The van der Waals surface area contributed by atoms with E-state index in [4.69, 9.17) is 5.10 Å². The molecule has 2 aromatic rings. The Morgan fingerprint density at radius 1 is 1.11 bits per heavy atom. The highest BCUT2D eigenvalue weighted by molar-refractivity contribution is 5.91. The Morgan fingerprint density at radius 2 is 1.81 bits per heavy atom. The van der Waals surface area contributed by atoms with E-state index in [9.17, 15) is 9.59 Å². The van der Waals surface area contributed by atoms with E-state index in [2.05, 4.69) is 10.2 Å². The van der Waals surface area contributed by atoms with Crippen LogP contribution in [-0.2, 0) is 9.59 Å². The highest BCUT2D eigenvalue weighted by atomic mass is 16.2. The third-order valence-corrected chi connectivity index (χ3v) is 5.18. The van der Waals surface area contributed by atoms with Crippen molar-refractivity contribution in [1.82, 2.24) is 19.6 Å². The van der Waals surface area contributed by atoms with E-state index < -0.39 is 0 Å². The molecular formula is C20H25N5O2. The molecule has 2 aliphatic rings. The second-order valence-electron chi connectivity index (χ2n) is 7.31. The molecule has 1 aliphatic carbocycles. The van der Waals surface area contributed by atoms with Crippen LogP contribution in [-0.4, -0.2) is 64.1 Å². The van der Waals surface area contributed by atoms with Crippen molar-refractivity contribution in [2.75, 3.05) is 38.0 Å². The van der Waals surface area contributed by atoms with Gasteiger partial charge in [-0.1, -0.05) is 18.2 Å². The van der Waals surface area contributed by atoms with E-state index in [0.717, 1.165) is 30.3 Å². The Bertz CT molecular complexity index is 820. The van der Waals surface area contributed by atoms with E-state index in [1.165, 1.54) is 12.8 Å². The summed E-state index contributed by atoms with van der Waals surface area (Å²) < 4.78 is 1.82. The smallest absolute Gasteiger partial charge is 0.239 e. The van der Waals surface area contributed by atoms with Gasteiger partial charge in [-0.3, -0.25) is 14.5 Å². The lowest BCUT2D eigenvalue weighted by Crippen LogP contribution is -2.49. The minimum absolute atomic E-state index is 0.0503. The third-order valence-electron chi connectivity index (χ3n) is 5.18. The number of carbonyl (C=O) groups excluding carboxylic acids is 2. The van der Waals surface area contributed by atoms with Crippen molar-refractivity contribution in [3.8, 4) is 5.69 Å². The predicted octanol–water partition coefficient (Wildman–Crippen LogP) is 1.85. The standard InChI is InChI=1S/C20H25N5O2/c1-15(26)24-11-9-23(10-12-24)14-20(27)21-19-13-18(16-7-8-16)22-25(19)17-5-3-2-4-6-17/h2-6,13,16H,7-12,14H2,1H3,(H,21,27). The van der Waals surface area contributed by atoms with Crippen LogP contribution in [0.4, 0.5) is 5.82 Å². The average molecular weight is 367 g/mol. The van der Waals surface area contributed by atoms with Crippen LogP contribution in [0.2, 0.25) is 0 Å². The predicted molar refractivity (Wildman–Crippen MR) is 103 cm³/mol. The summed E-state index contributed by atoms with van der Waals surface area (Å²) >= 11 is 0. The molecule has 0 atom stereocenters. The van der Waals surface area contributed by atoms with Gasteiger partial charge in [0.2, 0.25) is 11.8 Å². The van der Waals surface area contributed by atoms with Gasteiger partial charge in [0, 0.05) is 45.1 Å². The van der Waals surface area contributed by atoms with Crippen molar-refractivity contribution in [3.63, 3.8) is 0 Å². The summed E-state index contributed by atoms with van der Waals surface area (Å²) in [5.74, 6) is 1.28. The average Bonchev–Trinajstić information content (AvgIpc) is 3.44. The summed E-state index contributed by atoms with van der Waals surface area (Å²) in [4.78, 5) is 27.9. The van der Waals surface area contributed by atoms with Crippen LogP contribution in [0.3, 0.4) is 0 Å². The molecule has 4 rings (SSSR count). The van der Waals surface area contributed by atoms with Crippen LogP contribution in [0.15, 0.2) is 36.4 Å². The number of hydrogen-bond donors (Lipinski definition) is 1. The van der Waals surface area contributed by atoms with Gasteiger partial charge < -0.3 is 10.2 Å². The molecule has 1 aromatic heterocycles. The molecule has 7 heteroatoms. The maximum absolute atomic E-state index is 12.6. The molecule has 0 bridgehead atoms. The first-order chi connectivity index (χ1) is 13.1. The first-order valence-corrected chi connectivity index (χ1v) is 9.53. The number of piperazine rings is 1. The highest BCUT2D eigenvalue weighted by Gasteiger charge is 2.28. The van der Waals surface area contributed by atoms with Crippen LogP contribution >= 0.6 is 0 Å². The number of carbonyl (C=O) groups is 2. The lowest BCUT2D eigenvalue weighted by Gasteiger charge is -2.33. The fourth-order valence-electron chi connectivity index (χ4n) is 3.44. The lowest BCUT2D eigenvalue weighted by molar-refractivity contribution is -0.130. The van der Waals surface area contributed by atoms with Gasteiger partial charge in [0.25, 0.3) is 0 Å². The number of rotatable bonds is 5. The monoisotopic (exact) mass is 367 g/mol. The summed E-state index contributed by atoms with van der Waals surface area (Å²) in [5, 5.41) is 7.75. The molecule has 2 fully saturated rings. The number of amides is 2. The fraction of sp³-hybridized carbons (Fsp3) is 0.450. The van der Waals surface area contributed by atoms with Crippen molar-refractivity contribution in [2.24, 2.45) is 0 Å². The van der Waals surface area contributed by atoms with Crippen molar-refractivity contribution >= 4 is 17.6 Å². The van der Waals surface area contributed by atoms with E-state index in [1.807, 2.05) is 46.0 Å². The Kier molecular flexibility index (Phi) is 4.94. The van der Waals surface area contributed by atoms with Crippen molar-refractivity contribution < 1.29 is 9.59 Å². The number of aromatic nitrogens is 2. The zero-order valence-corrected chi connectivity index (χ0v) is 15.6. The molecule has 27 heavy (non-hydrogen) atoms. The van der Waals surface area contributed by atoms with Crippen molar-refractivity contribution in [3.05, 3.63) is 42.1 Å². The third kappa shape index (κ3) is 4.19. The summed E-state index contributed by atoms with van der Waals surface area (Å²) in [6.45, 7) is 4.71. The Hall–Kier alpha value is -2.67. The van der Waals surface area contributed by atoms with Gasteiger partial charge in [0.15, 0.2) is 0 Å². The van der Waals surface area contributed by atoms with Crippen molar-refractivity contribution in [1.29, 1.82) is 0 Å². The quantitative estimate of drug-likeness (QED) is 0.876. The lowest BCUT2D eigenvalue weighted by atomic mass is 10.3. The zero-order valence-electron chi connectivity index (χ0n) is 15.6. The van der Waals surface area contributed by atoms with Gasteiger partial charge in [-0.25, -0.2) is 4.68 Å². The van der Waals surface area contributed by atoms with Crippen LogP contribution in [0.5, 0.6) is 0 Å². The van der Waals surface area contributed by atoms with Crippen LogP contribution in [0, 0.1) is 0 Å². The van der Waals surface area contributed by atoms with Crippen LogP contribution in [0.1, 0.15) is 31.4 Å². The molecule has 1 N–H and O–H groups in total. The molecule has 7 nitrogen and oxygen atoms in total. The van der Waals surface area contributed by atoms with Gasteiger partial charge in [-0.05, 0) is 25.0 Å². The molecule has 0 radical (unpaired) electrons. The van der Waals surface area contributed by atoms with E-state index in [1.54, 1.807) is 6.92 Å². The summed E-state index contributed by atoms with van der Waals surface area (Å²) in [7, 11) is 0. The fourth-order valence-corrected chi connectivity index (χ4v) is 3.44. The molecule has 1 saturated carbocycles. The van der Waals surface area contributed by atoms with E-state index in [0.29, 0.717) is 25.6 Å². The normalized spacial score (nSPS) is 17.7. The second kappa shape index (κ2) is 7.52. The molecule has 2 amide bonds. The largest absolute Gasteiger partial charge is 0.340 e. The van der Waals surface area contributed by atoms with Gasteiger partial charge in [0.05, 0.1) is 17.9 Å². The second-order valence-corrected chi connectivity index (χ2v) is 7.31. The molecule has 0 spiro atoms. The summed E-state index contributed by atoms with van der Waals surface area (Å²) in [6, 6.07) is 11.9. The van der Waals surface area contributed by atoms with Gasteiger partial charge in [-0.15, -0.1) is 0 Å². The molecule has 142 valence electrons. The Morgan fingerprint density at radius 3 is 2.44 bits per heavy atom. The van der Waals surface area contributed by atoms with E-state index >= 15 is 0 Å². The topological polar surface area (TPSA) is 70.5 Å². The molecule has 1 aliphatic heterocycles. The Labute approximate surface area is 158 Å². The number of anilines is 1. The van der Waals surface area contributed by atoms with Crippen LogP contribution < -0.4 is 5.32 Å². The highest BCUT2D eigenvalue weighted by Crippen LogP contribution is 2.40. The number of hydrogen-bond acceptors (Lipinski definition) is 4. The summed E-state index contributed by atoms with van der Waals surface area (Å²) in [6.07, 6.45) is 2.33. The summed E-state index contributed by atoms with van der Waals surface area (Å²) in [5.41, 5.74) is 1.99. The molecule has 1 aromatic carbocycles. The number of nitrogens with one attached hydrogen (secondary N) is 1. The number of para-hydroxylation sites is 1. The van der Waals surface area contributed by atoms with Gasteiger partial charge >= 0.3 is 0 Å².